The average molecular weight is 278 g/mol. The van der Waals surface area contributed by atoms with Gasteiger partial charge in [-0.3, -0.25) is 10.1 Å². The van der Waals surface area contributed by atoms with Gasteiger partial charge in [0.15, 0.2) is 0 Å². The summed E-state index contributed by atoms with van der Waals surface area (Å²) in [5.74, 6) is 0.664. The van der Waals surface area contributed by atoms with Gasteiger partial charge in [-0.15, -0.1) is 0 Å². The minimum Gasteiger partial charge on any atom is -0.495 e. The molecule has 98 valence electrons. The number of carbonyl (C=O) groups excluding carboxylic acids is 1. The van der Waals surface area contributed by atoms with Gasteiger partial charge in [-0.2, -0.15) is 0 Å². The van der Waals surface area contributed by atoms with Crippen molar-refractivity contribution in [1.29, 1.82) is 0 Å². The highest BCUT2D eigenvalue weighted by Gasteiger charge is 2.08. The van der Waals surface area contributed by atoms with E-state index >= 15 is 0 Å². The Balaban J connectivity index is 2.01. The minimum absolute atomic E-state index is 0.196. The molecule has 0 unspecified atom stereocenters. The van der Waals surface area contributed by atoms with Crippen LogP contribution in [-0.4, -0.2) is 23.0 Å². The zero-order chi connectivity index (χ0) is 13.7. The van der Waals surface area contributed by atoms with Crippen LogP contribution in [0.4, 0.5) is 5.95 Å². The number of rotatable bonds is 4. The van der Waals surface area contributed by atoms with Gasteiger partial charge in [0.1, 0.15) is 5.75 Å². The van der Waals surface area contributed by atoms with Gasteiger partial charge in [0, 0.05) is 12.4 Å². The highest BCUT2D eigenvalue weighted by Crippen LogP contribution is 2.25. The molecule has 5 nitrogen and oxygen atoms in total. The summed E-state index contributed by atoms with van der Waals surface area (Å²) in [5.41, 5.74) is 0.791. The first-order valence-electron chi connectivity index (χ1n) is 5.58. The molecule has 2 aromatic rings. The zero-order valence-corrected chi connectivity index (χ0v) is 11.0. The molecule has 0 saturated heterocycles. The van der Waals surface area contributed by atoms with E-state index in [0.29, 0.717) is 10.8 Å². The molecule has 0 aliphatic carbocycles. The van der Waals surface area contributed by atoms with Crippen LogP contribution >= 0.6 is 11.6 Å². The predicted octanol–water partition coefficient (Wildman–Crippen LogP) is 2.32. The summed E-state index contributed by atoms with van der Waals surface area (Å²) >= 11 is 5.99. The normalized spacial score (nSPS) is 10.0. The van der Waals surface area contributed by atoms with Gasteiger partial charge in [-0.05, 0) is 23.8 Å². The maximum atomic E-state index is 11.8. The van der Waals surface area contributed by atoms with Crippen molar-refractivity contribution in [2.24, 2.45) is 0 Å². The average Bonchev–Trinajstić information content (AvgIpc) is 2.40. The van der Waals surface area contributed by atoms with Crippen molar-refractivity contribution in [3.63, 3.8) is 0 Å². The number of nitrogens with one attached hydrogen (secondary N) is 1. The second-order valence-electron chi connectivity index (χ2n) is 3.77. The molecule has 1 aromatic heterocycles. The molecule has 1 aromatic carbocycles. The number of hydrogen-bond donors (Lipinski definition) is 1. The number of halogens is 1. The van der Waals surface area contributed by atoms with Crippen molar-refractivity contribution in [2.45, 2.75) is 6.42 Å². The van der Waals surface area contributed by atoms with Crippen molar-refractivity contribution >= 4 is 23.5 Å². The van der Waals surface area contributed by atoms with Gasteiger partial charge in [0.2, 0.25) is 11.9 Å². The second-order valence-corrected chi connectivity index (χ2v) is 4.17. The lowest BCUT2D eigenvalue weighted by molar-refractivity contribution is -0.115. The molecule has 0 atom stereocenters. The Kier molecular flexibility index (Phi) is 4.30. The van der Waals surface area contributed by atoms with E-state index in [1.165, 1.54) is 0 Å². The summed E-state index contributed by atoms with van der Waals surface area (Å²) in [6, 6.07) is 6.89. The van der Waals surface area contributed by atoms with Crippen LogP contribution in [0.1, 0.15) is 5.56 Å². The molecule has 0 radical (unpaired) electrons. The van der Waals surface area contributed by atoms with Gasteiger partial charge >= 0.3 is 0 Å². The molecule has 1 N–H and O–H groups in total. The Morgan fingerprint density at radius 2 is 2.11 bits per heavy atom. The quantitative estimate of drug-likeness (QED) is 0.931. The Labute approximate surface area is 115 Å². The minimum atomic E-state index is -0.201. The first-order valence-corrected chi connectivity index (χ1v) is 5.96. The highest BCUT2D eigenvalue weighted by molar-refractivity contribution is 6.32. The van der Waals surface area contributed by atoms with Gasteiger partial charge < -0.3 is 4.74 Å². The van der Waals surface area contributed by atoms with Gasteiger partial charge in [-0.25, -0.2) is 9.97 Å². The third kappa shape index (κ3) is 3.66. The Bertz CT molecular complexity index is 575. The summed E-state index contributed by atoms with van der Waals surface area (Å²) in [6.07, 6.45) is 3.32. The number of aromatic nitrogens is 2. The molecule has 1 amide bonds. The summed E-state index contributed by atoms with van der Waals surface area (Å²) in [7, 11) is 1.54. The van der Waals surface area contributed by atoms with Gasteiger partial charge in [-0.1, -0.05) is 17.7 Å². The van der Waals surface area contributed by atoms with Crippen molar-refractivity contribution < 1.29 is 9.53 Å². The number of benzene rings is 1. The fourth-order valence-electron chi connectivity index (χ4n) is 1.54. The standard InChI is InChI=1S/C13H12ClN3O2/c1-19-11-4-3-9(7-10(11)14)8-12(18)17-13-15-5-2-6-16-13/h2-7H,8H2,1H3,(H,15,16,17,18). The monoisotopic (exact) mass is 277 g/mol. The van der Waals surface area contributed by atoms with Gasteiger partial charge in [0.25, 0.3) is 0 Å². The van der Waals surface area contributed by atoms with Crippen LogP contribution in [0.2, 0.25) is 5.02 Å². The van der Waals surface area contributed by atoms with Crippen LogP contribution in [0.15, 0.2) is 36.7 Å². The number of nitrogens with zero attached hydrogens (tertiary/aromatic N) is 2. The molecule has 6 heteroatoms. The fourth-order valence-corrected chi connectivity index (χ4v) is 1.82. The van der Waals surface area contributed by atoms with E-state index in [4.69, 9.17) is 16.3 Å². The third-order valence-electron chi connectivity index (χ3n) is 2.40. The molecule has 0 spiro atoms. The van der Waals surface area contributed by atoms with Crippen LogP contribution in [0.5, 0.6) is 5.75 Å². The van der Waals surface area contributed by atoms with Crippen molar-refractivity contribution in [2.75, 3.05) is 12.4 Å². The van der Waals surface area contributed by atoms with Crippen molar-refractivity contribution in [3.8, 4) is 5.75 Å². The van der Waals surface area contributed by atoms with E-state index in [1.54, 1.807) is 43.8 Å². The van der Waals surface area contributed by atoms with Crippen LogP contribution in [0, 0.1) is 0 Å². The summed E-state index contributed by atoms with van der Waals surface area (Å²) in [4.78, 5) is 19.6. The maximum absolute atomic E-state index is 11.8. The van der Waals surface area contributed by atoms with Crippen LogP contribution in [0.3, 0.4) is 0 Å². The van der Waals surface area contributed by atoms with E-state index in [0.717, 1.165) is 5.56 Å². The molecular weight excluding hydrogens is 266 g/mol. The maximum Gasteiger partial charge on any atom is 0.231 e. The number of amides is 1. The SMILES string of the molecule is COc1ccc(CC(=O)Nc2ncccn2)cc1Cl. The largest absolute Gasteiger partial charge is 0.495 e. The van der Waals surface area contributed by atoms with E-state index in [9.17, 15) is 4.79 Å². The molecule has 2 rings (SSSR count). The molecular formula is C13H12ClN3O2. The lowest BCUT2D eigenvalue weighted by Crippen LogP contribution is -2.16. The molecule has 0 saturated carbocycles. The Morgan fingerprint density at radius 1 is 1.37 bits per heavy atom. The van der Waals surface area contributed by atoms with Gasteiger partial charge in [0.05, 0.1) is 18.6 Å². The first kappa shape index (κ1) is 13.3. The van der Waals surface area contributed by atoms with Crippen LogP contribution < -0.4 is 10.1 Å². The molecule has 0 aliphatic rings. The van der Waals surface area contributed by atoms with E-state index in [2.05, 4.69) is 15.3 Å². The van der Waals surface area contributed by atoms with Crippen molar-refractivity contribution in [1.82, 2.24) is 9.97 Å². The third-order valence-corrected chi connectivity index (χ3v) is 2.69. The Hall–Kier alpha value is -2.14. The van der Waals surface area contributed by atoms with Crippen LogP contribution in [-0.2, 0) is 11.2 Å². The first-order chi connectivity index (χ1) is 9.19. The summed E-state index contributed by atoms with van der Waals surface area (Å²) < 4.78 is 5.05. The number of carbonyl (C=O) groups is 1. The number of anilines is 1. The fraction of sp³-hybridized carbons (Fsp3) is 0.154. The Morgan fingerprint density at radius 3 is 2.74 bits per heavy atom. The highest BCUT2D eigenvalue weighted by atomic mass is 35.5. The van der Waals surface area contributed by atoms with Crippen LogP contribution in [0.25, 0.3) is 0 Å². The number of methoxy groups -OCH3 is 1. The van der Waals surface area contributed by atoms with E-state index < -0.39 is 0 Å². The number of ether oxygens (including phenoxy) is 1. The van der Waals surface area contributed by atoms with E-state index in [-0.39, 0.29) is 18.3 Å². The lowest BCUT2D eigenvalue weighted by Gasteiger charge is -2.06. The number of hydrogen-bond acceptors (Lipinski definition) is 4. The summed E-state index contributed by atoms with van der Waals surface area (Å²) in [6.45, 7) is 0. The molecule has 0 aliphatic heterocycles. The predicted molar refractivity (Wildman–Crippen MR) is 72.4 cm³/mol. The zero-order valence-electron chi connectivity index (χ0n) is 10.3. The topological polar surface area (TPSA) is 64.1 Å². The molecule has 1 heterocycles. The molecule has 0 fully saturated rings. The summed E-state index contributed by atoms with van der Waals surface area (Å²) in [5, 5.41) is 3.08. The lowest BCUT2D eigenvalue weighted by atomic mass is 10.1. The van der Waals surface area contributed by atoms with E-state index in [1.807, 2.05) is 0 Å². The smallest absolute Gasteiger partial charge is 0.231 e. The van der Waals surface area contributed by atoms with Crippen molar-refractivity contribution in [3.05, 3.63) is 47.2 Å². The molecule has 0 bridgehead atoms. The molecule has 19 heavy (non-hydrogen) atoms. The second kappa shape index (κ2) is 6.15.